The van der Waals surface area contributed by atoms with Crippen molar-refractivity contribution in [1.29, 1.82) is 0 Å². The molecule has 0 radical (unpaired) electrons. The Labute approximate surface area is 81.7 Å². The summed E-state index contributed by atoms with van der Waals surface area (Å²) in [7, 11) is 0. The summed E-state index contributed by atoms with van der Waals surface area (Å²) in [6.45, 7) is 1.61. The molecule has 0 heterocycles. The second-order valence-corrected chi connectivity index (χ2v) is 2.83. The van der Waals surface area contributed by atoms with E-state index in [9.17, 15) is 9.59 Å². The molecule has 4 heteroatoms. The van der Waals surface area contributed by atoms with E-state index in [1.165, 1.54) is 0 Å². The minimum absolute atomic E-state index is 0.294. The molecule has 1 aromatic carbocycles. The van der Waals surface area contributed by atoms with Crippen LogP contribution in [0.15, 0.2) is 24.3 Å². The molecule has 1 rings (SSSR count). The van der Waals surface area contributed by atoms with Crippen LogP contribution in [0.3, 0.4) is 0 Å². The van der Waals surface area contributed by atoms with Gasteiger partial charge in [-0.1, -0.05) is 17.7 Å². The van der Waals surface area contributed by atoms with E-state index in [1.54, 1.807) is 24.3 Å². The number of hydrogen-bond donors (Lipinski definition) is 1. The van der Waals surface area contributed by atoms with Crippen LogP contribution in [-0.2, 0) is 9.53 Å². The van der Waals surface area contributed by atoms with Crippen LogP contribution in [0.2, 0.25) is 0 Å². The average Bonchev–Trinajstić information content (AvgIpc) is 2.18. The fourth-order valence-electron chi connectivity index (χ4n) is 0.894. The fourth-order valence-corrected chi connectivity index (χ4v) is 0.894. The van der Waals surface area contributed by atoms with Crippen molar-refractivity contribution in [3.05, 3.63) is 35.4 Å². The van der Waals surface area contributed by atoms with Crippen molar-refractivity contribution in [1.82, 2.24) is 0 Å². The van der Waals surface area contributed by atoms with Gasteiger partial charge in [0.25, 0.3) is 0 Å². The topological polar surface area (TPSA) is 69.4 Å². The highest BCUT2D eigenvalue weighted by Crippen LogP contribution is 2.04. The lowest BCUT2D eigenvalue weighted by atomic mass is 10.1. The molecular weight excluding hydrogens is 182 g/mol. The molecule has 0 saturated carbocycles. The second-order valence-electron chi connectivity index (χ2n) is 2.83. The van der Waals surface area contributed by atoms with Crippen molar-refractivity contribution >= 4 is 11.9 Å². The molecule has 0 aromatic heterocycles. The summed E-state index contributed by atoms with van der Waals surface area (Å²) in [5, 5.41) is 0. The van der Waals surface area contributed by atoms with Gasteiger partial charge in [-0.15, -0.1) is 0 Å². The molecule has 0 amide bonds. The predicted molar refractivity (Wildman–Crippen MR) is 50.7 cm³/mol. The van der Waals surface area contributed by atoms with Gasteiger partial charge in [0.05, 0.1) is 12.1 Å². The lowest BCUT2D eigenvalue weighted by Gasteiger charge is -2.01. The molecule has 0 unspecified atom stereocenters. The van der Waals surface area contributed by atoms with E-state index in [-0.39, 0.29) is 6.54 Å². The highest BCUT2D eigenvalue weighted by Gasteiger charge is 2.10. The molecule has 0 aliphatic rings. The molecule has 0 saturated heterocycles. The summed E-state index contributed by atoms with van der Waals surface area (Å²) >= 11 is 0. The van der Waals surface area contributed by atoms with Crippen molar-refractivity contribution in [2.24, 2.45) is 5.73 Å². The number of rotatable bonds is 2. The van der Waals surface area contributed by atoms with Crippen LogP contribution in [0.25, 0.3) is 0 Å². The van der Waals surface area contributed by atoms with Gasteiger partial charge in [-0.3, -0.25) is 4.79 Å². The third kappa shape index (κ3) is 2.67. The smallest absolute Gasteiger partial charge is 0.345 e. The SMILES string of the molecule is Cc1ccc(C(=O)OC(=O)CN)cc1. The molecule has 74 valence electrons. The number of carbonyl (C=O) groups excluding carboxylic acids is 2. The minimum atomic E-state index is -0.726. The molecule has 0 aliphatic carbocycles. The summed E-state index contributed by atoms with van der Waals surface area (Å²) in [5.41, 5.74) is 6.37. The van der Waals surface area contributed by atoms with Crippen LogP contribution in [0.1, 0.15) is 15.9 Å². The van der Waals surface area contributed by atoms with Crippen LogP contribution >= 0.6 is 0 Å². The zero-order chi connectivity index (χ0) is 10.6. The van der Waals surface area contributed by atoms with Gasteiger partial charge in [0.1, 0.15) is 0 Å². The van der Waals surface area contributed by atoms with Crippen LogP contribution in [0.4, 0.5) is 0 Å². The quantitative estimate of drug-likeness (QED) is 0.552. The van der Waals surface area contributed by atoms with E-state index in [0.29, 0.717) is 5.56 Å². The number of carbonyl (C=O) groups is 2. The Morgan fingerprint density at radius 2 is 1.86 bits per heavy atom. The largest absolute Gasteiger partial charge is 0.388 e. The first kappa shape index (κ1) is 10.4. The second kappa shape index (κ2) is 4.53. The van der Waals surface area contributed by atoms with Gasteiger partial charge < -0.3 is 10.5 Å². The first-order valence-electron chi connectivity index (χ1n) is 4.15. The molecule has 0 bridgehead atoms. The minimum Gasteiger partial charge on any atom is -0.388 e. The molecule has 0 spiro atoms. The van der Waals surface area contributed by atoms with E-state index >= 15 is 0 Å². The zero-order valence-corrected chi connectivity index (χ0v) is 7.82. The Morgan fingerprint density at radius 1 is 1.29 bits per heavy atom. The predicted octanol–water partition coefficient (Wildman–Crippen LogP) is 0.637. The van der Waals surface area contributed by atoms with Crippen molar-refractivity contribution in [3.63, 3.8) is 0 Å². The van der Waals surface area contributed by atoms with E-state index < -0.39 is 11.9 Å². The van der Waals surface area contributed by atoms with Crippen molar-refractivity contribution in [2.75, 3.05) is 6.54 Å². The summed E-state index contributed by atoms with van der Waals surface area (Å²) in [5.74, 6) is -1.39. The molecule has 1 aromatic rings. The molecule has 0 atom stereocenters. The van der Waals surface area contributed by atoms with E-state index in [0.717, 1.165) is 5.56 Å². The highest BCUT2D eigenvalue weighted by molar-refractivity contribution is 5.97. The summed E-state index contributed by atoms with van der Waals surface area (Å²) in [6.07, 6.45) is 0. The van der Waals surface area contributed by atoms with E-state index in [1.807, 2.05) is 6.92 Å². The number of ether oxygens (including phenoxy) is 1. The Morgan fingerprint density at radius 3 is 2.36 bits per heavy atom. The molecule has 4 nitrogen and oxygen atoms in total. The summed E-state index contributed by atoms with van der Waals surface area (Å²) in [6, 6.07) is 6.73. The lowest BCUT2D eigenvalue weighted by Crippen LogP contribution is -2.20. The van der Waals surface area contributed by atoms with Crippen molar-refractivity contribution in [2.45, 2.75) is 6.92 Å². The van der Waals surface area contributed by atoms with Crippen molar-refractivity contribution in [3.8, 4) is 0 Å². The maximum atomic E-state index is 11.2. The zero-order valence-electron chi connectivity index (χ0n) is 7.82. The summed E-state index contributed by atoms with van der Waals surface area (Å²) in [4.78, 5) is 21.9. The van der Waals surface area contributed by atoms with Gasteiger partial charge in [0.15, 0.2) is 0 Å². The van der Waals surface area contributed by atoms with E-state index in [2.05, 4.69) is 4.74 Å². The van der Waals surface area contributed by atoms with Gasteiger partial charge in [-0.25, -0.2) is 4.79 Å². The Kier molecular flexibility index (Phi) is 3.36. The first-order chi connectivity index (χ1) is 6.63. The van der Waals surface area contributed by atoms with Crippen LogP contribution in [-0.4, -0.2) is 18.5 Å². The molecule has 14 heavy (non-hydrogen) atoms. The maximum absolute atomic E-state index is 11.2. The van der Waals surface area contributed by atoms with Crippen molar-refractivity contribution < 1.29 is 14.3 Å². The Hall–Kier alpha value is -1.68. The number of hydrogen-bond acceptors (Lipinski definition) is 4. The third-order valence-electron chi connectivity index (χ3n) is 1.66. The number of benzene rings is 1. The number of aryl methyl sites for hydroxylation is 1. The number of nitrogens with two attached hydrogens (primary N) is 1. The highest BCUT2D eigenvalue weighted by atomic mass is 16.6. The van der Waals surface area contributed by atoms with Gasteiger partial charge >= 0.3 is 11.9 Å². The molecular formula is C10H11NO3. The van der Waals surface area contributed by atoms with Gasteiger partial charge in [-0.2, -0.15) is 0 Å². The normalized spacial score (nSPS) is 9.57. The lowest BCUT2D eigenvalue weighted by molar-refractivity contribution is -0.136. The van der Waals surface area contributed by atoms with Crippen LogP contribution in [0.5, 0.6) is 0 Å². The monoisotopic (exact) mass is 193 g/mol. The van der Waals surface area contributed by atoms with Gasteiger partial charge in [0, 0.05) is 0 Å². The van der Waals surface area contributed by atoms with Crippen LogP contribution < -0.4 is 5.73 Å². The summed E-state index contributed by atoms with van der Waals surface area (Å²) < 4.78 is 4.42. The molecule has 0 aliphatic heterocycles. The van der Waals surface area contributed by atoms with Gasteiger partial charge in [0.2, 0.25) is 0 Å². The average molecular weight is 193 g/mol. The van der Waals surface area contributed by atoms with E-state index in [4.69, 9.17) is 5.73 Å². The first-order valence-corrected chi connectivity index (χ1v) is 4.15. The standard InChI is InChI=1S/C10H11NO3/c1-7-2-4-8(5-3-7)10(13)14-9(12)6-11/h2-5H,6,11H2,1H3. The molecule has 0 fully saturated rings. The Balaban J connectivity index is 2.70. The maximum Gasteiger partial charge on any atom is 0.345 e. The molecule has 2 N–H and O–H groups in total. The Bertz CT molecular complexity index is 343. The fraction of sp³-hybridized carbons (Fsp3) is 0.200. The van der Waals surface area contributed by atoms with Crippen LogP contribution in [0, 0.1) is 6.92 Å². The van der Waals surface area contributed by atoms with Gasteiger partial charge in [-0.05, 0) is 19.1 Å². The number of esters is 2. The third-order valence-corrected chi connectivity index (χ3v) is 1.66.